The summed E-state index contributed by atoms with van der Waals surface area (Å²) in [6.07, 6.45) is 4.28. The Balaban J connectivity index is 2.08. The van der Waals surface area contributed by atoms with Gasteiger partial charge in [-0.25, -0.2) is 0 Å². The quantitative estimate of drug-likeness (QED) is 0.501. The van der Waals surface area contributed by atoms with Crippen LogP contribution in [0.4, 0.5) is 5.69 Å². The number of carbonyl (C=O) groups excluding carboxylic acids is 2. The molecule has 0 spiro atoms. The lowest BCUT2D eigenvalue weighted by Crippen LogP contribution is -2.44. The lowest BCUT2D eigenvalue weighted by molar-refractivity contribution is -0.384. The SMILES string of the molecule is NC(=O)[C@H]1CCCCC[C@@H]1NC(=O)c1ccc([N+](=O)[O-])cc1. The predicted molar refractivity (Wildman–Crippen MR) is 80.1 cm³/mol. The van der Waals surface area contributed by atoms with Crippen molar-refractivity contribution in [1.29, 1.82) is 0 Å². The molecule has 118 valence electrons. The summed E-state index contributed by atoms with van der Waals surface area (Å²) >= 11 is 0. The fraction of sp³-hybridized carbons (Fsp3) is 0.467. The van der Waals surface area contributed by atoms with Crippen molar-refractivity contribution in [2.45, 2.75) is 38.1 Å². The number of benzene rings is 1. The second-order valence-electron chi connectivity index (χ2n) is 5.53. The van der Waals surface area contributed by atoms with Crippen LogP contribution >= 0.6 is 0 Å². The van der Waals surface area contributed by atoms with E-state index in [1.165, 1.54) is 24.3 Å². The Hall–Kier alpha value is -2.44. The van der Waals surface area contributed by atoms with E-state index in [1.54, 1.807) is 0 Å². The van der Waals surface area contributed by atoms with Gasteiger partial charge in [0.1, 0.15) is 0 Å². The van der Waals surface area contributed by atoms with E-state index in [2.05, 4.69) is 5.32 Å². The molecule has 1 saturated carbocycles. The zero-order valence-electron chi connectivity index (χ0n) is 12.2. The molecule has 0 saturated heterocycles. The van der Waals surface area contributed by atoms with Gasteiger partial charge < -0.3 is 11.1 Å². The van der Waals surface area contributed by atoms with E-state index in [0.29, 0.717) is 18.4 Å². The van der Waals surface area contributed by atoms with E-state index in [1.807, 2.05) is 0 Å². The van der Waals surface area contributed by atoms with Crippen molar-refractivity contribution in [3.05, 3.63) is 39.9 Å². The van der Waals surface area contributed by atoms with Gasteiger partial charge >= 0.3 is 0 Å². The van der Waals surface area contributed by atoms with Crippen LogP contribution in [-0.2, 0) is 4.79 Å². The van der Waals surface area contributed by atoms with Gasteiger partial charge in [0.05, 0.1) is 10.8 Å². The molecule has 0 aromatic heterocycles. The third kappa shape index (κ3) is 3.81. The fourth-order valence-electron chi connectivity index (χ4n) is 2.81. The molecule has 3 N–H and O–H groups in total. The number of hydrogen-bond acceptors (Lipinski definition) is 4. The number of nitro groups is 1. The number of rotatable bonds is 4. The summed E-state index contributed by atoms with van der Waals surface area (Å²) in [5.74, 6) is -1.09. The summed E-state index contributed by atoms with van der Waals surface area (Å²) in [6, 6.07) is 5.11. The van der Waals surface area contributed by atoms with Gasteiger partial charge in [-0.3, -0.25) is 19.7 Å². The predicted octanol–water partition coefficient (Wildman–Crippen LogP) is 1.76. The Morgan fingerprint density at radius 1 is 1.14 bits per heavy atom. The minimum absolute atomic E-state index is 0.0685. The highest BCUT2D eigenvalue weighted by Crippen LogP contribution is 2.24. The smallest absolute Gasteiger partial charge is 0.269 e. The first-order chi connectivity index (χ1) is 10.5. The zero-order valence-corrected chi connectivity index (χ0v) is 12.2. The van der Waals surface area contributed by atoms with Crippen LogP contribution in [0.2, 0.25) is 0 Å². The number of amides is 2. The monoisotopic (exact) mass is 305 g/mol. The van der Waals surface area contributed by atoms with Gasteiger partial charge in [-0.05, 0) is 25.0 Å². The summed E-state index contributed by atoms with van der Waals surface area (Å²) in [4.78, 5) is 33.9. The Kier molecular flexibility index (Phi) is 5.08. The molecule has 0 radical (unpaired) electrons. The van der Waals surface area contributed by atoms with Gasteiger partial charge in [0.2, 0.25) is 5.91 Å². The lowest BCUT2D eigenvalue weighted by atomic mass is 9.94. The van der Waals surface area contributed by atoms with Crippen molar-refractivity contribution in [2.75, 3.05) is 0 Å². The highest BCUT2D eigenvalue weighted by Gasteiger charge is 2.29. The molecule has 2 amide bonds. The van der Waals surface area contributed by atoms with Gasteiger partial charge in [-0.2, -0.15) is 0 Å². The van der Waals surface area contributed by atoms with Gasteiger partial charge in [0.15, 0.2) is 0 Å². The number of carbonyl (C=O) groups is 2. The number of hydrogen-bond donors (Lipinski definition) is 2. The molecule has 7 nitrogen and oxygen atoms in total. The van der Waals surface area contributed by atoms with Crippen molar-refractivity contribution in [3.63, 3.8) is 0 Å². The Morgan fingerprint density at radius 3 is 2.36 bits per heavy atom. The molecule has 2 rings (SSSR count). The van der Waals surface area contributed by atoms with Crippen LogP contribution in [0.15, 0.2) is 24.3 Å². The third-order valence-electron chi connectivity index (χ3n) is 4.04. The number of nitrogens with zero attached hydrogens (tertiary/aromatic N) is 1. The molecule has 1 aliphatic rings. The van der Waals surface area contributed by atoms with Crippen LogP contribution < -0.4 is 11.1 Å². The molecular formula is C15H19N3O4. The number of nitro benzene ring substituents is 1. The van der Waals surface area contributed by atoms with Gasteiger partial charge in [-0.15, -0.1) is 0 Å². The molecule has 0 aliphatic heterocycles. The topological polar surface area (TPSA) is 115 Å². The maximum atomic E-state index is 12.2. The second-order valence-corrected chi connectivity index (χ2v) is 5.53. The van der Waals surface area contributed by atoms with Crippen LogP contribution in [0.5, 0.6) is 0 Å². The lowest BCUT2D eigenvalue weighted by Gasteiger charge is -2.23. The zero-order chi connectivity index (χ0) is 16.1. The summed E-state index contributed by atoms with van der Waals surface area (Å²) in [7, 11) is 0. The normalized spacial score (nSPS) is 21.6. The van der Waals surface area contributed by atoms with Gasteiger partial charge in [0, 0.05) is 23.7 Å². The molecule has 1 fully saturated rings. The Morgan fingerprint density at radius 2 is 1.77 bits per heavy atom. The standard InChI is InChI=1S/C15H19N3O4/c16-14(19)12-4-2-1-3-5-13(12)17-15(20)10-6-8-11(9-7-10)18(21)22/h6-9,12-13H,1-5H2,(H2,16,19)(H,17,20)/t12-,13-/m0/s1. The number of non-ortho nitro benzene ring substituents is 1. The molecule has 0 unspecified atom stereocenters. The maximum absolute atomic E-state index is 12.2. The molecule has 0 heterocycles. The number of nitrogens with two attached hydrogens (primary N) is 1. The molecule has 1 aromatic rings. The summed E-state index contributed by atoms with van der Waals surface area (Å²) < 4.78 is 0. The van der Waals surface area contributed by atoms with Gasteiger partial charge in [-0.1, -0.05) is 19.3 Å². The first-order valence-corrected chi connectivity index (χ1v) is 7.33. The highest BCUT2D eigenvalue weighted by molar-refractivity contribution is 5.95. The molecular weight excluding hydrogens is 286 g/mol. The Bertz CT molecular complexity index is 571. The average molecular weight is 305 g/mol. The van der Waals surface area contributed by atoms with Crippen molar-refractivity contribution >= 4 is 17.5 Å². The second kappa shape index (κ2) is 7.02. The first kappa shape index (κ1) is 15.9. The third-order valence-corrected chi connectivity index (χ3v) is 4.04. The molecule has 22 heavy (non-hydrogen) atoms. The number of primary amides is 1. The van der Waals surface area contributed by atoms with Crippen molar-refractivity contribution < 1.29 is 14.5 Å². The van der Waals surface area contributed by atoms with E-state index in [-0.39, 0.29) is 23.6 Å². The van der Waals surface area contributed by atoms with Gasteiger partial charge in [0.25, 0.3) is 11.6 Å². The van der Waals surface area contributed by atoms with Crippen molar-refractivity contribution in [3.8, 4) is 0 Å². The van der Waals surface area contributed by atoms with E-state index in [9.17, 15) is 19.7 Å². The minimum atomic E-state index is -0.518. The van der Waals surface area contributed by atoms with Crippen LogP contribution in [0.25, 0.3) is 0 Å². The molecule has 1 aliphatic carbocycles. The van der Waals surface area contributed by atoms with E-state index < -0.39 is 10.8 Å². The van der Waals surface area contributed by atoms with Crippen LogP contribution in [0, 0.1) is 16.0 Å². The molecule has 7 heteroatoms. The van der Waals surface area contributed by atoms with Crippen molar-refractivity contribution in [2.24, 2.45) is 11.7 Å². The molecule has 2 atom stereocenters. The minimum Gasteiger partial charge on any atom is -0.369 e. The van der Waals surface area contributed by atoms with E-state index in [4.69, 9.17) is 5.73 Å². The maximum Gasteiger partial charge on any atom is 0.269 e. The van der Waals surface area contributed by atoms with E-state index in [0.717, 1.165) is 19.3 Å². The highest BCUT2D eigenvalue weighted by atomic mass is 16.6. The largest absolute Gasteiger partial charge is 0.369 e. The van der Waals surface area contributed by atoms with Crippen LogP contribution in [-0.4, -0.2) is 22.8 Å². The fourth-order valence-corrected chi connectivity index (χ4v) is 2.81. The van der Waals surface area contributed by atoms with Crippen LogP contribution in [0.1, 0.15) is 42.5 Å². The van der Waals surface area contributed by atoms with E-state index >= 15 is 0 Å². The number of nitrogens with one attached hydrogen (secondary N) is 1. The van der Waals surface area contributed by atoms with Crippen molar-refractivity contribution in [1.82, 2.24) is 5.32 Å². The van der Waals surface area contributed by atoms with Crippen LogP contribution in [0.3, 0.4) is 0 Å². The summed E-state index contributed by atoms with van der Waals surface area (Å²) in [6.45, 7) is 0. The summed E-state index contributed by atoms with van der Waals surface area (Å²) in [5.41, 5.74) is 5.69. The first-order valence-electron chi connectivity index (χ1n) is 7.33. The molecule has 0 bridgehead atoms. The molecule has 1 aromatic carbocycles. The summed E-state index contributed by atoms with van der Waals surface area (Å²) in [5, 5.41) is 13.5. The average Bonchev–Trinajstić information content (AvgIpc) is 2.72. The Labute approximate surface area is 128 Å².